The van der Waals surface area contributed by atoms with Crippen LogP contribution in [0.5, 0.6) is 0 Å². The number of rotatable bonds is 1. The van der Waals surface area contributed by atoms with Gasteiger partial charge in [0, 0.05) is 16.7 Å². The van der Waals surface area contributed by atoms with Gasteiger partial charge in [0.05, 0.1) is 0 Å². The summed E-state index contributed by atoms with van der Waals surface area (Å²) >= 11 is 0. The van der Waals surface area contributed by atoms with Gasteiger partial charge in [-0.25, -0.2) is 0 Å². The molecule has 0 atom stereocenters. The van der Waals surface area contributed by atoms with Crippen molar-refractivity contribution in [3.8, 4) is 11.8 Å². The van der Waals surface area contributed by atoms with E-state index in [1.807, 2.05) is 30.3 Å². The molecule has 0 bridgehead atoms. The Morgan fingerprint density at radius 2 is 1.46 bits per heavy atom. The molecule has 0 heterocycles. The van der Waals surface area contributed by atoms with Gasteiger partial charge in [0.2, 0.25) is 0 Å². The van der Waals surface area contributed by atoms with Crippen LogP contribution in [0.25, 0.3) is 0 Å². The summed E-state index contributed by atoms with van der Waals surface area (Å²) in [4.78, 5) is 11.6. The molecule has 1 aliphatic carbocycles. The minimum atomic E-state index is 0.105. The predicted octanol–water partition coefficient (Wildman–Crippen LogP) is 5.25. The maximum absolute atomic E-state index is 11.6. The van der Waals surface area contributed by atoms with Crippen molar-refractivity contribution < 1.29 is 4.79 Å². The number of aldehydes is 1. The van der Waals surface area contributed by atoms with Crippen molar-refractivity contribution in [3.05, 3.63) is 70.3 Å². The second-order valence-corrected chi connectivity index (χ2v) is 7.99. The summed E-state index contributed by atoms with van der Waals surface area (Å²) in [6.07, 6.45) is 3.23. The summed E-state index contributed by atoms with van der Waals surface area (Å²) in [5, 5.41) is 0. The summed E-state index contributed by atoms with van der Waals surface area (Å²) in [6.45, 7) is 9.11. The molecule has 0 saturated carbocycles. The lowest BCUT2D eigenvalue weighted by molar-refractivity contribution is 0.112. The van der Waals surface area contributed by atoms with Crippen LogP contribution in [0, 0.1) is 11.8 Å². The smallest absolute Gasteiger partial charge is 0.151 e. The SMILES string of the molecule is CC1(C)CCC(C)(C)c2cc(C=O)c(C#Cc3ccccc3)cc21. The summed E-state index contributed by atoms with van der Waals surface area (Å²) in [7, 11) is 0. The Morgan fingerprint density at radius 1 is 0.875 bits per heavy atom. The van der Waals surface area contributed by atoms with Crippen LogP contribution in [0.2, 0.25) is 0 Å². The topological polar surface area (TPSA) is 17.1 Å². The van der Waals surface area contributed by atoms with Gasteiger partial charge in [0.1, 0.15) is 0 Å². The molecular formula is C23H24O. The molecule has 24 heavy (non-hydrogen) atoms. The fourth-order valence-corrected chi connectivity index (χ4v) is 3.50. The van der Waals surface area contributed by atoms with E-state index in [-0.39, 0.29) is 10.8 Å². The molecule has 0 N–H and O–H groups in total. The van der Waals surface area contributed by atoms with Gasteiger partial charge in [-0.2, -0.15) is 0 Å². The lowest BCUT2D eigenvalue weighted by atomic mass is 9.62. The molecule has 1 heteroatoms. The number of fused-ring (bicyclic) bond motifs is 1. The van der Waals surface area contributed by atoms with E-state index in [2.05, 4.69) is 51.7 Å². The second-order valence-electron chi connectivity index (χ2n) is 7.99. The summed E-state index contributed by atoms with van der Waals surface area (Å²) < 4.78 is 0. The van der Waals surface area contributed by atoms with E-state index in [1.165, 1.54) is 11.1 Å². The van der Waals surface area contributed by atoms with Gasteiger partial charge >= 0.3 is 0 Å². The standard InChI is InChI=1S/C23H24O/c1-22(2)12-13-23(3,4)21-15-19(16-24)18(14-20(21)22)11-10-17-8-6-5-7-9-17/h5-9,14-16H,12-13H2,1-4H3. The average molecular weight is 316 g/mol. The second kappa shape index (κ2) is 5.95. The molecule has 0 unspecified atom stereocenters. The molecule has 3 rings (SSSR count). The Bertz CT molecular complexity index is 830. The van der Waals surface area contributed by atoms with Crippen LogP contribution in [-0.2, 0) is 10.8 Å². The van der Waals surface area contributed by atoms with Gasteiger partial charge in [-0.05, 0) is 59.1 Å². The highest BCUT2D eigenvalue weighted by Crippen LogP contribution is 2.46. The van der Waals surface area contributed by atoms with Crippen LogP contribution in [0.15, 0.2) is 42.5 Å². The highest BCUT2D eigenvalue weighted by Gasteiger charge is 2.37. The van der Waals surface area contributed by atoms with E-state index < -0.39 is 0 Å². The quantitative estimate of drug-likeness (QED) is 0.519. The third-order valence-corrected chi connectivity index (χ3v) is 5.27. The fourth-order valence-electron chi connectivity index (χ4n) is 3.50. The van der Waals surface area contributed by atoms with Gasteiger partial charge in [0.15, 0.2) is 6.29 Å². The van der Waals surface area contributed by atoms with Gasteiger partial charge in [-0.3, -0.25) is 4.79 Å². The summed E-state index contributed by atoms with van der Waals surface area (Å²) in [5.41, 5.74) is 5.35. The first-order chi connectivity index (χ1) is 11.3. The first kappa shape index (κ1) is 16.5. The van der Waals surface area contributed by atoms with Crippen molar-refractivity contribution in [2.75, 3.05) is 0 Å². The zero-order valence-electron chi connectivity index (χ0n) is 14.9. The van der Waals surface area contributed by atoms with E-state index in [0.717, 1.165) is 30.3 Å². The molecule has 2 aromatic rings. The molecule has 0 amide bonds. The zero-order valence-corrected chi connectivity index (χ0v) is 14.9. The van der Waals surface area contributed by atoms with Crippen LogP contribution in [0.3, 0.4) is 0 Å². The van der Waals surface area contributed by atoms with Gasteiger partial charge < -0.3 is 0 Å². The Balaban J connectivity index is 2.15. The summed E-state index contributed by atoms with van der Waals surface area (Å²) in [5.74, 6) is 6.40. The van der Waals surface area contributed by atoms with Gasteiger partial charge in [-0.1, -0.05) is 57.7 Å². The lowest BCUT2D eigenvalue weighted by Crippen LogP contribution is -2.34. The van der Waals surface area contributed by atoms with Crippen LogP contribution < -0.4 is 0 Å². The van der Waals surface area contributed by atoms with Crippen molar-refractivity contribution in [2.45, 2.75) is 51.4 Å². The minimum absolute atomic E-state index is 0.105. The predicted molar refractivity (Wildman–Crippen MR) is 99.5 cm³/mol. The Kier molecular flexibility index (Phi) is 4.10. The molecule has 0 fully saturated rings. The molecule has 0 spiro atoms. The molecule has 0 saturated heterocycles. The van der Waals surface area contributed by atoms with Gasteiger partial charge in [-0.15, -0.1) is 0 Å². The van der Waals surface area contributed by atoms with Crippen molar-refractivity contribution in [1.82, 2.24) is 0 Å². The lowest BCUT2D eigenvalue weighted by Gasteiger charge is -2.42. The van der Waals surface area contributed by atoms with Crippen molar-refractivity contribution in [3.63, 3.8) is 0 Å². The Hall–Kier alpha value is -2.33. The van der Waals surface area contributed by atoms with Crippen LogP contribution in [0.1, 0.15) is 73.1 Å². The van der Waals surface area contributed by atoms with E-state index in [4.69, 9.17) is 0 Å². The maximum Gasteiger partial charge on any atom is 0.151 e. The van der Waals surface area contributed by atoms with Crippen molar-refractivity contribution >= 4 is 6.29 Å². The summed E-state index contributed by atoms with van der Waals surface area (Å²) in [6, 6.07) is 14.1. The Labute approximate surface area is 145 Å². The number of carbonyl (C=O) groups excluding carboxylic acids is 1. The zero-order chi connectivity index (χ0) is 17.4. The van der Waals surface area contributed by atoms with Crippen molar-refractivity contribution in [2.24, 2.45) is 0 Å². The van der Waals surface area contributed by atoms with E-state index in [1.54, 1.807) is 0 Å². The molecule has 0 aliphatic heterocycles. The Morgan fingerprint density at radius 3 is 2.04 bits per heavy atom. The highest BCUT2D eigenvalue weighted by molar-refractivity contribution is 5.81. The van der Waals surface area contributed by atoms with Crippen LogP contribution in [0.4, 0.5) is 0 Å². The van der Waals surface area contributed by atoms with E-state index in [9.17, 15) is 4.79 Å². The molecule has 1 nitrogen and oxygen atoms in total. The average Bonchev–Trinajstić information content (AvgIpc) is 2.57. The third kappa shape index (κ3) is 3.02. The molecule has 122 valence electrons. The normalized spacial score (nSPS) is 17.3. The van der Waals surface area contributed by atoms with Crippen molar-refractivity contribution in [1.29, 1.82) is 0 Å². The molecule has 1 aliphatic rings. The minimum Gasteiger partial charge on any atom is -0.298 e. The third-order valence-electron chi connectivity index (χ3n) is 5.27. The number of benzene rings is 2. The molecule has 0 radical (unpaired) electrons. The van der Waals surface area contributed by atoms with E-state index in [0.29, 0.717) is 5.56 Å². The molecule has 2 aromatic carbocycles. The fraction of sp³-hybridized carbons (Fsp3) is 0.348. The monoisotopic (exact) mass is 316 g/mol. The largest absolute Gasteiger partial charge is 0.298 e. The molecular weight excluding hydrogens is 292 g/mol. The van der Waals surface area contributed by atoms with E-state index >= 15 is 0 Å². The number of hydrogen-bond acceptors (Lipinski definition) is 1. The highest BCUT2D eigenvalue weighted by atomic mass is 16.1. The number of hydrogen-bond donors (Lipinski definition) is 0. The van der Waals surface area contributed by atoms with Crippen LogP contribution in [-0.4, -0.2) is 6.29 Å². The maximum atomic E-state index is 11.6. The molecule has 0 aromatic heterocycles. The van der Waals surface area contributed by atoms with Crippen LogP contribution >= 0.6 is 0 Å². The number of carbonyl (C=O) groups is 1. The first-order valence-corrected chi connectivity index (χ1v) is 8.55. The first-order valence-electron chi connectivity index (χ1n) is 8.55. The van der Waals surface area contributed by atoms with Gasteiger partial charge in [0.25, 0.3) is 0 Å².